The standard InChI is InChI=1S/C20H24N2O2/c1-5-22(4)14-21-19-11-10-18(12-16(19)3)20(23)24-13-17-8-6-15(2)7-9-17/h6-12,14H,5,13H2,1-4H3. The number of ether oxygens (including phenoxy) is 1. The fraction of sp³-hybridized carbons (Fsp3) is 0.300. The molecule has 0 aliphatic carbocycles. The fourth-order valence-corrected chi connectivity index (χ4v) is 2.09. The highest BCUT2D eigenvalue weighted by Crippen LogP contribution is 2.20. The summed E-state index contributed by atoms with van der Waals surface area (Å²) >= 11 is 0. The average Bonchev–Trinajstić information content (AvgIpc) is 2.59. The average molecular weight is 324 g/mol. The van der Waals surface area contributed by atoms with Crippen LogP contribution in [0.15, 0.2) is 47.5 Å². The number of hydrogen-bond donors (Lipinski definition) is 0. The molecule has 0 saturated carbocycles. The van der Waals surface area contributed by atoms with Crippen molar-refractivity contribution in [2.24, 2.45) is 4.99 Å². The predicted molar refractivity (Wildman–Crippen MR) is 97.9 cm³/mol. The van der Waals surface area contributed by atoms with Crippen molar-refractivity contribution in [2.75, 3.05) is 13.6 Å². The van der Waals surface area contributed by atoms with Crippen molar-refractivity contribution in [3.05, 3.63) is 64.7 Å². The Morgan fingerprint density at radius 3 is 2.50 bits per heavy atom. The number of benzene rings is 2. The molecule has 2 rings (SSSR count). The van der Waals surface area contributed by atoms with Crippen molar-refractivity contribution in [1.29, 1.82) is 0 Å². The summed E-state index contributed by atoms with van der Waals surface area (Å²) in [6.07, 6.45) is 1.79. The molecule has 0 spiro atoms. The van der Waals surface area contributed by atoms with Gasteiger partial charge in [-0.3, -0.25) is 0 Å². The largest absolute Gasteiger partial charge is 0.457 e. The van der Waals surface area contributed by atoms with Crippen LogP contribution in [-0.2, 0) is 11.3 Å². The van der Waals surface area contributed by atoms with Crippen LogP contribution in [0.4, 0.5) is 5.69 Å². The predicted octanol–water partition coefficient (Wildman–Crippen LogP) is 4.27. The van der Waals surface area contributed by atoms with Gasteiger partial charge in [-0.25, -0.2) is 9.79 Å². The van der Waals surface area contributed by atoms with E-state index in [0.717, 1.165) is 23.4 Å². The first kappa shape index (κ1) is 17.7. The van der Waals surface area contributed by atoms with Gasteiger partial charge in [0.2, 0.25) is 0 Å². The third kappa shape index (κ3) is 4.95. The van der Waals surface area contributed by atoms with Gasteiger partial charge in [-0.15, -0.1) is 0 Å². The minimum absolute atomic E-state index is 0.277. The lowest BCUT2D eigenvalue weighted by molar-refractivity contribution is 0.0472. The van der Waals surface area contributed by atoms with Crippen LogP contribution >= 0.6 is 0 Å². The van der Waals surface area contributed by atoms with Gasteiger partial charge in [0.1, 0.15) is 6.61 Å². The molecule has 2 aromatic carbocycles. The molecule has 0 aliphatic rings. The number of hydrogen-bond acceptors (Lipinski definition) is 3. The van der Waals surface area contributed by atoms with Crippen molar-refractivity contribution >= 4 is 18.0 Å². The molecule has 0 aromatic heterocycles. The summed E-state index contributed by atoms with van der Waals surface area (Å²) < 4.78 is 5.38. The number of aryl methyl sites for hydroxylation is 2. The molecule has 0 fully saturated rings. The van der Waals surface area contributed by atoms with Crippen molar-refractivity contribution < 1.29 is 9.53 Å². The lowest BCUT2D eigenvalue weighted by atomic mass is 10.1. The van der Waals surface area contributed by atoms with E-state index >= 15 is 0 Å². The zero-order chi connectivity index (χ0) is 17.5. The summed E-state index contributed by atoms with van der Waals surface area (Å²) in [5.41, 5.74) is 4.51. The van der Waals surface area contributed by atoms with Gasteiger partial charge in [-0.05, 0) is 50.1 Å². The molecule has 0 saturated heterocycles. The summed E-state index contributed by atoms with van der Waals surface area (Å²) in [6.45, 7) is 7.20. The fourth-order valence-electron chi connectivity index (χ4n) is 2.09. The maximum atomic E-state index is 12.2. The number of esters is 1. The third-order valence-electron chi connectivity index (χ3n) is 3.82. The molecule has 0 N–H and O–H groups in total. The Morgan fingerprint density at radius 2 is 1.88 bits per heavy atom. The van der Waals surface area contributed by atoms with Gasteiger partial charge < -0.3 is 9.64 Å². The van der Waals surface area contributed by atoms with Crippen LogP contribution in [0.25, 0.3) is 0 Å². The number of nitrogens with zero attached hydrogens (tertiary/aromatic N) is 2. The van der Waals surface area contributed by atoms with E-state index in [-0.39, 0.29) is 12.6 Å². The van der Waals surface area contributed by atoms with E-state index in [1.54, 1.807) is 12.4 Å². The Hall–Kier alpha value is -2.62. The normalized spacial score (nSPS) is 10.8. The Morgan fingerprint density at radius 1 is 1.17 bits per heavy atom. The lowest BCUT2D eigenvalue weighted by Gasteiger charge is -2.10. The molecule has 0 unspecified atom stereocenters. The topological polar surface area (TPSA) is 41.9 Å². The van der Waals surface area contributed by atoms with Gasteiger partial charge in [0.25, 0.3) is 0 Å². The number of aliphatic imine (C=N–C) groups is 1. The number of carbonyl (C=O) groups is 1. The lowest BCUT2D eigenvalue weighted by Crippen LogP contribution is -2.14. The molecule has 0 radical (unpaired) electrons. The van der Waals surface area contributed by atoms with Gasteiger partial charge in [0.05, 0.1) is 17.6 Å². The second-order valence-electron chi connectivity index (χ2n) is 5.88. The second kappa shape index (κ2) is 8.29. The van der Waals surface area contributed by atoms with E-state index in [4.69, 9.17) is 4.74 Å². The summed E-state index contributed by atoms with van der Waals surface area (Å²) in [6, 6.07) is 13.4. The second-order valence-corrected chi connectivity index (χ2v) is 5.88. The van der Waals surface area contributed by atoms with Gasteiger partial charge in [0.15, 0.2) is 0 Å². The minimum atomic E-state index is -0.320. The summed E-state index contributed by atoms with van der Waals surface area (Å²) in [5, 5.41) is 0. The van der Waals surface area contributed by atoms with E-state index in [2.05, 4.69) is 11.9 Å². The Balaban J connectivity index is 2.01. The number of rotatable bonds is 6. The van der Waals surface area contributed by atoms with Gasteiger partial charge in [-0.1, -0.05) is 29.8 Å². The first-order valence-electron chi connectivity index (χ1n) is 8.07. The van der Waals surface area contributed by atoms with Crippen molar-refractivity contribution in [1.82, 2.24) is 4.90 Å². The molecule has 24 heavy (non-hydrogen) atoms. The smallest absolute Gasteiger partial charge is 0.338 e. The molecule has 0 atom stereocenters. The first-order valence-corrected chi connectivity index (χ1v) is 8.07. The monoisotopic (exact) mass is 324 g/mol. The van der Waals surface area contributed by atoms with E-state index in [1.807, 2.05) is 62.2 Å². The highest BCUT2D eigenvalue weighted by Gasteiger charge is 2.09. The Bertz CT molecular complexity index is 721. The molecule has 0 bridgehead atoms. The maximum absolute atomic E-state index is 12.2. The zero-order valence-corrected chi connectivity index (χ0v) is 14.7. The molecule has 0 amide bonds. The van der Waals surface area contributed by atoms with E-state index in [9.17, 15) is 4.79 Å². The third-order valence-corrected chi connectivity index (χ3v) is 3.82. The Kier molecular flexibility index (Phi) is 6.13. The molecule has 0 heterocycles. The highest BCUT2D eigenvalue weighted by atomic mass is 16.5. The molecule has 4 heteroatoms. The molecule has 126 valence electrons. The van der Waals surface area contributed by atoms with Crippen LogP contribution in [0.3, 0.4) is 0 Å². The van der Waals surface area contributed by atoms with Crippen molar-refractivity contribution in [2.45, 2.75) is 27.4 Å². The molecular weight excluding hydrogens is 300 g/mol. The van der Waals surface area contributed by atoms with Crippen LogP contribution in [0, 0.1) is 13.8 Å². The van der Waals surface area contributed by atoms with Crippen molar-refractivity contribution in [3.63, 3.8) is 0 Å². The van der Waals surface area contributed by atoms with E-state index < -0.39 is 0 Å². The van der Waals surface area contributed by atoms with Crippen LogP contribution in [0.1, 0.15) is 34.0 Å². The SMILES string of the molecule is CCN(C)C=Nc1ccc(C(=O)OCc2ccc(C)cc2)cc1C. The summed E-state index contributed by atoms with van der Waals surface area (Å²) in [7, 11) is 1.97. The highest BCUT2D eigenvalue weighted by molar-refractivity contribution is 5.90. The van der Waals surface area contributed by atoms with E-state index in [0.29, 0.717) is 5.56 Å². The van der Waals surface area contributed by atoms with Crippen LogP contribution in [-0.4, -0.2) is 30.8 Å². The minimum Gasteiger partial charge on any atom is -0.457 e. The summed E-state index contributed by atoms with van der Waals surface area (Å²) in [5.74, 6) is -0.320. The van der Waals surface area contributed by atoms with Crippen LogP contribution in [0.5, 0.6) is 0 Å². The van der Waals surface area contributed by atoms with E-state index in [1.165, 1.54) is 5.56 Å². The molecular formula is C20H24N2O2. The zero-order valence-electron chi connectivity index (χ0n) is 14.7. The van der Waals surface area contributed by atoms with Crippen LogP contribution < -0.4 is 0 Å². The molecule has 4 nitrogen and oxygen atoms in total. The van der Waals surface area contributed by atoms with Crippen LogP contribution in [0.2, 0.25) is 0 Å². The van der Waals surface area contributed by atoms with Gasteiger partial charge in [-0.2, -0.15) is 0 Å². The quantitative estimate of drug-likeness (QED) is 0.453. The summed E-state index contributed by atoms with van der Waals surface area (Å²) in [4.78, 5) is 18.6. The Labute approximate surface area is 143 Å². The van der Waals surface area contributed by atoms with Gasteiger partial charge in [0, 0.05) is 13.6 Å². The van der Waals surface area contributed by atoms with Crippen molar-refractivity contribution in [3.8, 4) is 0 Å². The molecule has 0 aliphatic heterocycles. The van der Waals surface area contributed by atoms with Gasteiger partial charge >= 0.3 is 5.97 Å². The maximum Gasteiger partial charge on any atom is 0.338 e. The molecule has 2 aromatic rings. The first-order chi connectivity index (χ1) is 11.5. The number of carbonyl (C=O) groups excluding carboxylic acids is 1.